The Hall–Kier alpha value is -0.610. The Bertz CT molecular complexity index is 419. The quantitative estimate of drug-likeness (QED) is 0.716. The van der Waals surface area contributed by atoms with E-state index in [-0.39, 0.29) is 10.6 Å². The summed E-state index contributed by atoms with van der Waals surface area (Å²) in [4.78, 5) is 0.130. The first kappa shape index (κ1) is 14.8. The maximum atomic E-state index is 13.3. The van der Waals surface area contributed by atoms with Crippen LogP contribution in [0.25, 0.3) is 0 Å². The lowest BCUT2D eigenvalue weighted by atomic mass is 9.78. The molecule has 1 saturated carbocycles. The molecule has 4 heteroatoms. The number of rotatable bonds is 6. The molecule has 0 bridgehead atoms. The molecule has 2 rings (SSSR count). The van der Waals surface area contributed by atoms with Gasteiger partial charge in [0, 0.05) is 17.0 Å². The molecule has 0 spiro atoms. The third kappa shape index (κ3) is 3.69. The fourth-order valence-corrected chi connectivity index (χ4v) is 3.49. The molecule has 0 N–H and O–H groups in total. The predicted molar refractivity (Wildman–Crippen MR) is 77.4 cm³/mol. The number of methoxy groups -OCH3 is 1. The molecule has 0 saturated heterocycles. The number of halogens is 2. The average Bonchev–Trinajstić information content (AvgIpc) is 2.36. The fraction of sp³-hybridized carbons (Fsp3) is 0.600. The minimum atomic E-state index is -0.221. The normalized spacial score (nSPS) is 23.8. The van der Waals surface area contributed by atoms with Gasteiger partial charge in [0.25, 0.3) is 0 Å². The van der Waals surface area contributed by atoms with Crippen LogP contribution in [0, 0.1) is 11.7 Å². The van der Waals surface area contributed by atoms with Gasteiger partial charge in [-0.2, -0.15) is 0 Å². The summed E-state index contributed by atoms with van der Waals surface area (Å²) in [6.07, 6.45) is 3.62. The SMILES string of the molecule is CCOC1CC(CC(Br)c2cc(F)ccc2OC)C1. The van der Waals surface area contributed by atoms with Crippen molar-refractivity contribution < 1.29 is 13.9 Å². The van der Waals surface area contributed by atoms with Crippen molar-refractivity contribution in [3.63, 3.8) is 0 Å². The van der Waals surface area contributed by atoms with E-state index in [2.05, 4.69) is 15.9 Å². The standard InChI is InChI=1S/C15H20BrFO2/c1-3-19-12-6-10(7-12)8-14(16)13-9-11(17)4-5-15(13)18-2/h4-5,9-10,12,14H,3,6-8H2,1-2H3. The fourth-order valence-electron chi connectivity index (χ4n) is 2.61. The summed E-state index contributed by atoms with van der Waals surface area (Å²) in [5.41, 5.74) is 0.891. The maximum Gasteiger partial charge on any atom is 0.123 e. The van der Waals surface area contributed by atoms with Crippen LogP contribution in [-0.2, 0) is 4.74 Å². The lowest BCUT2D eigenvalue weighted by Crippen LogP contribution is -2.31. The first-order valence-electron chi connectivity index (χ1n) is 6.73. The van der Waals surface area contributed by atoms with Gasteiger partial charge in [0.05, 0.1) is 13.2 Å². The zero-order chi connectivity index (χ0) is 13.8. The molecule has 0 heterocycles. The highest BCUT2D eigenvalue weighted by atomic mass is 79.9. The van der Waals surface area contributed by atoms with Crippen LogP contribution in [0.2, 0.25) is 0 Å². The smallest absolute Gasteiger partial charge is 0.123 e. The van der Waals surface area contributed by atoms with E-state index < -0.39 is 0 Å². The van der Waals surface area contributed by atoms with E-state index in [1.807, 2.05) is 6.92 Å². The second kappa shape index (κ2) is 6.71. The molecular weight excluding hydrogens is 311 g/mol. The van der Waals surface area contributed by atoms with Crippen molar-refractivity contribution in [2.24, 2.45) is 5.92 Å². The number of hydrogen-bond acceptors (Lipinski definition) is 2. The molecule has 0 amide bonds. The molecule has 106 valence electrons. The monoisotopic (exact) mass is 330 g/mol. The van der Waals surface area contributed by atoms with E-state index in [0.717, 1.165) is 37.2 Å². The molecule has 19 heavy (non-hydrogen) atoms. The van der Waals surface area contributed by atoms with E-state index >= 15 is 0 Å². The number of ether oxygens (including phenoxy) is 2. The van der Waals surface area contributed by atoms with Crippen molar-refractivity contribution >= 4 is 15.9 Å². The topological polar surface area (TPSA) is 18.5 Å². The Balaban J connectivity index is 1.93. The molecular formula is C15H20BrFO2. The van der Waals surface area contributed by atoms with Crippen molar-refractivity contribution in [3.05, 3.63) is 29.6 Å². The van der Waals surface area contributed by atoms with E-state index in [1.54, 1.807) is 19.2 Å². The number of alkyl halides is 1. The summed E-state index contributed by atoms with van der Waals surface area (Å²) < 4.78 is 24.2. The third-order valence-corrected chi connectivity index (χ3v) is 4.53. The van der Waals surface area contributed by atoms with Gasteiger partial charge in [-0.15, -0.1) is 0 Å². The third-order valence-electron chi connectivity index (χ3n) is 3.66. The number of benzene rings is 1. The van der Waals surface area contributed by atoms with Crippen LogP contribution in [0.3, 0.4) is 0 Å². The summed E-state index contributed by atoms with van der Waals surface area (Å²) in [5, 5.41) is 0. The first-order valence-corrected chi connectivity index (χ1v) is 7.64. The predicted octanol–water partition coefficient (Wildman–Crippen LogP) is 4.48. The van der Waals surface area contributed by atoms with Gasteiger partial charge >= 0.3 is 0 Å². The van der Waals surface area contributed by atoms with Gasteiger partial charge < -0.3 is 9.47 Å². The Kier molecular flexibility index (Phi) is 5.22. The highest BCUT2D eigenvalue weighted by Gasteiger charge is 2.31. The van der Waals surface area contributed by atoms with Gasteiger partial charge in [-0.25, -0.2) is 4.39 Å². The lowest BCUT2D eigenvalue weighted by molar-refractivity contribution is -0.0264. The van der Waals surface area contributed by atoms with Crippen LogP contribution < -0.4 is 4.74 Å². The van der Waals surface area contributed by atoms with Crippen molar-refractivity contribution in [2.45, 2.75) is 37.1 Å². The molecule has 1 aliphatic carbocycles. The Labute approximate surface area is 122 Å². The van der Waals surface area contributed by atoms with Crippen LogP contribution in [0.1, 0.15) is 36.6 Å². The summed E-state index contributed by atoms with van der Waals surface area (Å²) in [6.45, 7) is 2.81. The Morgan fingerprint density at radius 1 is 1.42 bits per heavy atom. The molecule has 1 aliphatic rings. The Morgan fingerprint density at radius 3 is 2.79 bits per heavy atom. The summed E-state index contributed by atoms with van der Waals surface area (Å²) in [7, 11) is 1.62. The zero-order valence-electron chi connectivity index (χ0n) is 11.4. The number of hydrogen-bond donors (Lipinski definition) is 0. The van der Waals surface area contributed by atoms with Crippen molar-refractivity contribution in [3.8, 4) is 5.75 Å². The van der Waals surface area contributed by atoms with Crippen LogP contribution in [0.15, 0.2) is 18.2 Å². The molecule has 1 aromatic carbocycles. The molecule has 0 radical (unpaired) electrons. The van der Waals surface area contributed by atoms with Crippen molar-refractivity contribution in [1.82, 2.24) is 0 Å². The van der Waals surface area contributed by atoms with E-state index in [9.17, 15) is 4.39 Å². The van der Waals surface area contributed by atoms with Crippen molar-refractivity contribution in [1.29, 1.82) is 0 Å². The largest absolute Gasteiger partial charge is 0.496 e. The summed E-state index contributed by atoms with van der Waals surface area (Å²) in [5.74, 6) is 1.17. The second-order valence-electron chi connectivity index (χ2n) is 5.00. The first-order chi connectivity index (χ1) is 9.13. The summed E-state index contributed by atoms with van der Waals surface area (Å²) >= 11 is 3.66. The van der Waals surface area contributed by atoms with Gasteiger partial charge in [0.15, 0.2) is 0 Å². The molecule has 1 unspecified atom stereocenters. The molecule has 1 atom stereocenters. The van der Waals surface area contributed by atoms with Gasteiger partial charge in [0.2, 0.25) is 0 Å². The minimum absolute atomic E-state index is 0.130. The zero-order valence-corrected chi connectivity index (χ0v) is 13.0. The average molecular weight is 331 g/mol. The minimum Gasteiger partial charge on any atom is -0.496 e. The van der Waals surface area contributed by atoms with Crippen LogP contribution in [-0.4, -0.2) is 19.8 Å². The highest BCUT2D eigenvalue weighted by Crippen LogP contribution is 2.42. The Morgan fingerprint density at radius 2 is 2.16 bits per heavy atom. The molecule has 1 fully saturated rings. The maximum absolute atomic E-state index is 13.3. The van der Waals surface area contributed by atoms with Crippen LogP contribution in [0.5, 0.6) is 5.75 Å². The lowest BCUT2D eigenvalue weighted by Gasteiger charge is -2.36. The van der Waals surface area contributed by atoms with Crippen molar-refractivity contribution in [2.75, 3.05) is 13.7 Å². The van der Waals surface area contributed by atoms with Gasteiger partial charge in [-0.05, 0) is 50.3 Å². The van der Waals surface area contributed by atoms with Crippen LogP contribution in [0.4, 0.5) is 4.39 Å². The molecule has 2 nitrogen and oxygen atoms in total. The van der Waals surface area contributed by atoms with Gasteiger partial charge in [0.1, 0.15) is 11.6 Å². The van der Waals surface area contributed by atoms with E-state index in [0.29, 0.717) is 12.0 Å². The molecule has 0 aliphatic heterocycles. The molecule has 0 aromatic heterocycles. The van der Waals surface area contributed by atoms with E-state index in [1.165, 1.54) is 6.07 Å². The highest BCUT2D eigenvalue weighted by molar-refractivity contribution is 9.09. The second-order valence-corrected chi connectivity index (χ2v) is 6.11. The van der Waals surface area contributed by atoms with Gasteiger partial charge in [-0.3, -0.25) is 0 Å². The summed E-state index contributed by atoms with van der Waals surface area (Å²) in [6, 6.07) is 4.66. The van der Waals surface area contributed by atoms with E-state index in [4.69, 9.17) is 9.47 Å². The van der Waals surface area contributed by atoms with Crippen LogP contribution >= 0.6 is 15.9 Å². The van der Waals surface area contributed by atoms with Gasteiger partial charge in [-0.1, -0.05) is 15.9 Å². The molecule has 1 aromatic rings.